The first-order chi connectivity index (χ1) is 12.5. The Balaban J connectivity index is 1.95. The third kappa shape index (κ3) is 5.02. The van der Waals surface area contributed by atoms with Gasteiger partial charge in [0.1, 0.15) is 0 Å². The molecule has 2 aliphatic carbocycles. The number of rotatable bonds is 8. The molecule has 2 N–H and O–H groups in total. The summed E-state index contributed by atoms with van der Waals surface area (Å²) in [5.41, 5.74) is 0.801. The first-order valence-electron chi connectivity index (χ1n) is 9.58. The highest BCUT2D eigenvalue weighted by Crippen LogP contribution is 2.59. The van der Waals surface area contributed by atoms with E-state index in [2.05, 4.69) is 18.3 Å². The topological polar surface area (TPSA) is 102 Å². The third-order valence-electron chi connectivity index (χ3n) is 5.49. The molecule has 0 aromatic heterocycles. The van der Waals surface area contributed by atoms with E-state index >= 15 is 0 Å². The van der Waals surface area contributed by atoms with Crippen molar-refractivity contribution < 1.29 is 29.0 Å². The Bertz CT molecular complexity index is 626. The molecule has 1 saturated carbocycles. The Kier molecular flexibility index (Phi) is 6.54. The van der Waals surface area contributed by atoms with Crippen LogP contribution in [0, 0.1) is 29.1 Å². The lowest BCUT2D eigenvalue weighted by Gasteiger charge is -2.51. The number of carbonyl (C=O) groups is 3. The van der Waals surface area contributed by atoms with Crippen LogP contribution < -0.4 is 5.32 Å². The van der Waals surface area contributed by atoms with E-state index in [9.17, 15) is 19.5 Å². The van der Waals surface area contributed by atoms with Gasteiger partial charge >= 0.3 is 18.0 Å². The maximum Gasteiger partial charge on any atom is 0.410 e. The minimum absolute atomic E-state index is 0.00811. The highest BCUT2D eigenvalue weighted by atomic mass is 16.7. The van der Waals surface area contributed by atoms with Crippen LogP contribution in [0.5, 0.6) is 0 Å². The molecule has 7 nitrogen and oxygen atoms in total. The molecule has 2 rings (SSSR count). The van der Waals surface area contributed by atoms with E-state index in [0.717, 1.165) is 12.8 Å². The molecule has 0 aromatic carbocycles. The first kappa shape index (κ1) is 21.3. The first-order valence-corrected chi connectivity index (χ1v) is 9.58. The number of ether oxygens (including phenoxy) is 2. The molecule has 0 spiro atoms. The number of hydrogen-bond acceptors (Lipinski definition) is 5. The Morgan fingerprint density at radius 2 is 1.93 bits per heavy atom. The minimum Gasteiger partial charge on any atom is -0.481 e. The van der Waals surface area contributed by atoms with E-state index < -0.39 is 29.7 Å². The molecule has 0 aliphatic heterocycles. The summed E-state index contributed by atoms with van der Waals surface area (Å²) in [6.07, 6.45) is 2.25. The molecule has 2 aliphatic rings. The summed E-state index contributed by atoms with van der Waals surface area (Å²) in [5, 5.41) is 12.0. The van der Waals surface area contributed by atoms with Crippen LogP contribution in [0.25, 0.3) is 0 Å². The molecule has 0 bridgehead atoms. The predicted octanol–water partition coefficient (Wildman–Crippen LogP) is 3.34. The van der Waals surface area contributed by atoms with Crippen molar-refractivity contribution in [1.82, 2.24) is 5.32 Å². The maximum atomic E-state index is 12.3. The SMILES string of the molecule is CC1=C[C@@H]2[C@H](C1)C[C@]2(CNC(=O)O[C@@H](OC(=O)C(C)C)C(C)C)CC(=O)O. The second kappa shape index (κ2) is 8.31. The van der Waals surface area contributed by atoms with Crippen LogP contribution in [0.15, 0.2) is 11.6 Å². The van der Waals surface area contributed by atoms with Gasteiger partial charge in [0.15, 0.2) is 0 Å². The van der Waals surface area contributed by atoms with Crippen molar-refractivity contribution in [3.05, 3.63) is 11.6 Å². The minimum atomic E-state index is -0.974. The largest absolute Gasteiger partial charge is 0.481 e. The normalized spacial score (nSPS) is 27.4. The number of allylic oxidation sites excluding steroid dienone is 2. The average Bonchev–Trinajstić information content (AvgIpc) is 2.86. The highest BCUT2D eigenvalue weighted by molar-refractivity contribution is 5.72. The van der Waals surface area contributed by atoms with E-state index in [0.29, 0.717) is 5.92 Å². The van der Waals surface area contributed by atoms with Crippen LogP contribution in [-0.4, -0.2) is 36.0 Å². The van der Waals surface area contributed by atoms with E-state index in [1.165, 1.54) is 5.57 Å². The van der Waals surface area contributed by atoms with Crippen LogP contribution in [0.1, 0.15) is 53.9 Å². The van der Waals surface area contributed by atoms with Gasteiger partial charge in [-0.15, -0.1) is 0 Å². The molecular formula is C20H31NO6. The van der Waals surface area contributed by atoms with Crippen molar-refractivity contribution >= 4 is 18.0 Å². The zero-order chi connectivity index (χ0) is 20.4. The van der Waals surface area contributed by atoms with Gasteiger partial charge < -0.3 is 19.9 Å². The fraction of sp³-hybridized carbons (Fsp3) is 0.750. The van der Waals surface area contributed by atoms with Crippen molar-refractivity contribution in [3.8, 4) is 0 Å². The maximum absolute atomic E-state index is 12.3. The summed E-state index contributed by atoms with van der Waals surface area (Å²) in [6.45, 7) is 9.28. The van der Waals surface area contributed by atoms with Gasteiger partial charge in [-0.2, -0.15) is 0 Å². The second-order valence-electron chi connectivity index (χ2n) is 8.60. The molecule has 152 valence electrons. The summed E-state index contributed by atoms with van der Waals surface area (Å²) in [5.74, 6) is -1.17. The molecule has 1 fully saturated rings. The van der Waals surface area contributed by atoms with Crippen molar-refractivity contribution in [2.75, 3.05) is 6.54 Å². The van der Waals surface area contributed by atoms with Gasteiger partial charge in [0, 0.05) is 17.9 Å². The molecule has 7 heteroatoms. The molecule has 0 heterocycles. The Hall–Kier alpha value is -2.05. The number of hydrogen-bond donors (Lipinski definition) is 2. The quantitative estimate of drug-likeness (QED) is 0.380. The fourth-order valence-corrected chi connectivity index (χ4v) is 4.11. The molecular weight excluding hydrogens is 350 g/mol. The number of alkyl carbamates (subject to hydrolysis) is 1. The summed E-state index contributed by atoms with van der Waals surface area (Å²) in [6, 6.07) is 0. The van der Waals surface area contributed by atoms with Gasteiger partial charge in [-0.25, -0.2) is 4.79 Å². The molecule has 0 saturated heterocycles. The van der Waals surface area contributed by atoms with Crippen LogP contribution in [0.2, 0.25) is 0 Å². The lowest BCUT2D eigenvalue weighted by Crippen LogP contribution is -2.53. The van der Waals surface area contributed by atoms with Crippen LogP contribution in [0.3, 0.4) is 0 Å². The van der Waals surface area contributed by atoms with Gasteiger partial charge in [0.05, 0.1) is 12.3 Å². The van der Waals surface area contributed by atoms with Gasteiger partial charge in [0.25, 0.3) is 6.29 Å². The second-order valence-corrected chi connectivity index (χ2v) is 8.60. The van der Waals surface area contributed by atoms with E-state index in [4.69, 9.17) is 9.47 Å². The molecule has 0 radical (unpaired) electrons. The average molecular weight is 381 g/mol. The zero-order valence-corrected chi connectivity index (χ0v) is 16.8. The lowest BCUT2D eigenvalue weighted by molar-refractivity contribution is -0.179. The Morgan fingerprint density at radius 3 is 2.44 bits per heavy atom. The predicted molar refractivity (Wildman–Crippen MR) is 98.7 cm³/mol. The molecule has 27 heavy (non-hydrogen) atoms. The highest BCUT2D eigenvalue weighted by Gasteiger charge is 2.55. The number of aliphatic carboxylic acids is 1. The number of carbonyl (C=O) groups excluding carboxylic acids is 2. The molecule has 1 amide bonds. The molecule has 0 unspecified atom stereocenters. The van der Waals surface area contributed by atoms with E-state index in [1.54, 1.807) is 27.7 Å². The van der Waals surface area contributed by atoms with Gasteiger partial charge in [0.2, 0.25) is 0 Å². The van der Waals surface area contributed by atoms with Crippen molar-refractivity contribution in [3.63, 3.8) is 0 Å². The fourth-order valence-electron chi connectivity index (χ4n) is 4.11. The number of carboxylic acid groups (broad SMARTS) is 1. The number of amides is 1. The summed E-state index contributed by atoms with van der Waals surface area (Å²) >= 11 is 0. The van der Waals surface area contributed by atoms with Crippen molar-refractivity contribution in [2.24, 2.45) is 29.1 Å². The number of nitrogens with one attached hydrogen (secondary N) is 1. The van der Waals surface area contributed by atoms with Crippen molar-refractivity contribution in [2.45, 2.75) is 60.2 Å². The number of esters is 1. The third-order valence-corrected chi connectivity index (χ3v) is 5.49. The van der Waals surface area contributed by atoms with Crippen LogP contribution in [-0.2, 0) is 19.1 Å². The molecule has 4 atom stereocenters. The summed E-state index contributed by atoms with van der Waals surface area (Å²) in [7, 11) is 0. The van der Waals surface area contributed by atoms with Crippen LogP contribution >= 0.6 is 0 Å². The van der Waals surface area contributed by atoms with Gasteiger partial charge in [-0.05, 0) is 31.6 Å². The van der Waals surface area contributed by atoms with E-state index in [1.807, 2.05) is 0 Å². The zero-order valence-electron chi connectivity index (χ0n) is 16.8. The Morgan fingerprint density at radius 1 is 1.26 bits per heavy atom. The standard InChI is InChI=1S/C20H31NO6/c1-11(2)17(24)26-18(12(3)4)27-19(25)21-10-20(9-16(22)23)8-14-6-13(5)7-15(14)20/h7,11-12,14-15,18H,6,8-10H2,1-5H3,(H,21,25)(H,22,23)/t14-,15-,18-,20-/m1/s1. The number of fused-ring (bicyclic) bond motifs is 1. The van der Waals surface area contributed by atoms with Gasteiger partial charge in [-0.3, -0.25) is 9.59 Å². The van der Waals surface area contributed by atoms with E-state index in [-0.39, 0.29) is 30.7 Å². The van der Waals surface area contributed by atoms with Crippen molar-refractivity contribution in [1.29, 1.82) is 0 Å². The number of carboxylic acids is 1. The monoisotopic (exact) mass is 381 g/mol. The van der Waals surface area contributed by atoms with Gasteiger partial charge in [-0.1, -0.05) is 39.3 Å². The summed E-state index contributed by atoms with van der Waals surface area (Å²) < 4.78 is 10.5. The Labute approximate surface area is 160 Å². The summed E-state index contributed by atoms with van der Waals surface area (Å²) in [4.78, 5) is 35.4. The lowest BCUT2D eigenvalue weighted by atomic mass is 9.53. The van der Waals surface area contributed by atoms with Crippen LogP contribution in [0.4, 0.5) is 4.79 Å². The smallest absolute Gasteiger partial charge is 0.410 e. The molecule has 0 aromatic rings.